The number of rotatable bonds is 2. The molecule has 0 saturated carbocycles. The van der Waals surface area contributed by atoms with Crippen LogP contribution in [0.5, 0.6) is 0 Å². The molecule has 0 aliphatic rings. The van der Waals surface area contributed by atoms with Gasteiger partial charge in [0, 0.05) is 1.37 Å². The highest BCUT2D eigenvalue weighted by atomic mass is 32.2. The molecule has 0 aromatic heterocycles. The first-order valence-electron chi connectivity index (χ1n) is 6.08. The Morgan fingerprint density at radius 2 is 1.65 bits per heavy atom. The summed E-state index contributed by atoms with van der Waals surface area (Å²) >= 11 is 5.37. The highest BCUT2D eigenvalue weighted by Crippen LogP contribution is 1.96. The molecule has 0 atom stereocenters. The summed E-state index contributed by atoms with van der Waals surface area (Å²) in [6.07, 6.45) is 1.67. The van der Waals surface area contributed by atoms with Gasteiger partial charge in [0.05, 0.1) is 13.2 Å². The number of hydrogen-bond donors (Lipinski definition) is 2. The van der Waals surface area contributed by atoms with Crippen LogP contribution in [0.15, 0.2) is 0 Å². The van der Waals surface area contributed by atoms with Crippen LogP contribution in [0.3, 0.4) is 0 Å². The number of carbonyl (C=O) groups excluding carboxylic acids is 2. The van der Waals surface area contributed by atoms with Crippen LogP contribution in [0.25, 0.3) is 0 Å². The van der Waals surface area contributed by atoms with E-state index in [0.29, 0.717) is 20.1 Å². The summed E-state index contributed by atoms with van der Waals surface area (Å²) in [6, 6.07) is 0. The topological polar surface area (TPSA) is 102 Å². The summed E-state index contributed by atoms with van der Waals surface area (Å²) in [6.45, 7) is 6.35. The molecular weight excluding hydrogens is 300 g/mol. The average Bonchev–Trinajstić information content (AvgIpc) is 2.40. The Morgan fingerprint density at radius 3 is 1.85 bits per heavy atom. The first kappa shape index (κ1) is 23.9. The molecule has 0 aliphatic carbocycles. The lowest BCUT2D eigenvalue weighted by atomic mass is 10.7. The quantitative estimate of drug-likeness (QED) is 0.347. The second-order valence-electron chi connectivity index (χ2n) is 2.34. The van der Waals surface area contributed by atoms with E-state index in [9.17, 15) is 9.59 Å². The number of ether oxygens (including phenoxy) is 2. The third kappa shape index (κ3) is 19.2. The summed E-state index contributed by atoms with van der Waals surface area (Å²) in [5.74, 6) is -1.15. The molecule has 20 heavy (non-hydrogen) atoms. The maximum atomic E-state index is 10.5. The van der Waals surface area contributed by atoms with E-state index in [1.54, 1.807) is 27.0 Å². The Balaban J connectivity index is -0.000000112. The highest BCUT2D eigenvalue weighted by Gasteiger charge is 2.06. The fourth-order valence-electron chi connectivity index (χ4n) is 0.482. The van der Waals surface area contributed by atoms with Crippen molar-refractivity contribution in [2.24, 2.45) is 5.73 Å². The monoisotopic (exact) mass is 327 g/mol. The number of nitrogens with one attached hydrogen (secondary N) is 1. The van der Waals surface area contributed by atoms with E-state index < -0.39 is 11.9 Å². The van der Waals surface area contributed by atoms with Gasteiger partial charge in [-0.1, -0.05) is 33.5 Å². The van der Waals surface area contributed by atoms with Crippen LogP contribution in [0.4, 0.5) is 0 Å². The minimum atomic E-state index is -0.609. The number of thioether (sulfide) groups is 1. The van der Waals surface area contributed by atoms with Crippen molar-refractivity contribution in [3.8, 4) is 0 Å². The van der Waals surface area contributed by atoms with Crippen LogP contribution < -0.4 is 5.73 Å². The van der Waals surface area contributed by atoms with Gasteiger partial charge in [-0.25, -0.2) is 9.59 Å². The van der Waals surface area contributed by atoms with Crippen molar-refractivity contribution in [1.82, 2.24) is 0 Å². The first-order valence-corrected chi connectivity index (χ1v) is 7.00. The van der Waals surface area contributed by atoms with Crippen LogP contribution >= 0.6 is 24.0 Å². The van der Waals surface area contributed by atoms with E-state index >= 15 is 0 Å². The van der Waals surface area contributed by atoms with Gasteiger partial charge in [-0.15, -0.1) is 11.8 Å². The third-order valence-corrected chi connectivity index (χ3v) is 1.88. The van der Waals surface area contributed by atoms with E-state index in [1.165, 1.54) is 0 Å². The molecule has 3 N–H and O–H groups in total. The van der Waals surface area contributed by atoms with Crippen molar-refractivity contribution < 1.29 is 20.4 Å². The van der Waals surface area contributed by atoms with Gasteiger partial charge in [0.25, 0.3) is 0 Å². The minimum absolute atomic E-state index is 0. The molecule has 0 unspecified atom stereocenters. The molecule has 0 radical (unpaired) electrons. The predicted molar refractivity (Wildman–Crippen MR) is 89.4 cm³/mol. The van der Waals surface area contributed by atoms with Gasteiger partial charge < -0.3 is 15.2 Å². The molecule has 120 valence electrons. The smallest absolute Gasteiger partial charge is 0.365 e. The molecule has 0 amide bonds. The lowest BCUT2D eigenvalue weighted by Gasteiger charge is -1.97. The van der Waals surface area contributed by atoms with Gasteiger partial charge in [-0.3, -0.25) is 5.41 Å². The number of esters is 2. The number of hydrogen-bond acceptors (Lipinski definition) is 7. The zero-order valence-electron chi connectivity index (χ0n) is 12.6. The molecule has 8 heteroatoms. The molecule has 0 aliphatic heterocycles. The van der Waals surface area contributed by atoms with Crippen molar-refractivity contribution in [1.29, 1.82) is 5.41 Å². The summed E-state index contributed by atoms with van der Waals surface area (Å²) in [5, 5.41) is 6.89. The Hall–Kier alpha value is -1.15. The molecule has 0 aromatic carbocycles. The zero-order valence-corrected chi connectivity index (χ0v) is 13.3. The molecule has 0 saturated heterocycles. The Morgan fingerprint density at radius 1 is 1.30 bits per heavy atom. The molecule has 0 rings (SSSR count). The third-order valence-electron chi connectivity index (χ3n) is 1.14. The van der Waals surface area contributed by atoms with Crippen molar-refractivity contribution >= 4 is 46.0 Å². The molecule has 0 aromatic rings. The fraction of sp³-hybridized carbons (Fsp3) is 0.667. The molecule has 0 fully saturated rings. The van der Waals surface area contributed by atoms with Crippen LogP contribution in [0.1, 0.15) is 36.5 Å². The molecule has 0 bridgehead atoms. The molecule has 6 nitrogen and oxygen atoms in total. The van der Waals surface area contributed by atoms with Crippen LogP contribution in [-0.2, 0) is 19.1 Å². The highest BCUT2D eigenvalue weighted by molar-refractivity contribution is 8.14. The number of thiocarbonyl (C=S) groups is 1. The summed E-state index contributed by atoms with van der Waals surface area (Å²) < 4.78 is 15.1. The summed E-state index contributed by atoms with van der Waals surface area (Å²) in [7, 11) is 0. The zero-order chi connectivity index (χ0) is 16.6. The van der Waals surface area contributed by atoms with Crippen LogP contribution in [-0.4, -0.2) is 41.4 Å². The van der Waals surface area contributed by atoms with Gasteiger partial charge in [0.15, 0.2) is 10.0 Å². The number of carbonyl (C=O) groups is 2. The normalized spacial score (nSPS) is 8.10. The Labute approximate surface area is 132 Å². The Kier molecular flexibility index (Phi) is 24.1. The van der Waals surface area contributed by atoms with E-state index in [1.807, 2.05) is 0 Å². The van der Waals surface area contributed by atoms with Crippen molar-refractivity contribution in [3.05, 3.63) is 0 Å². The average molecular weight is 327 g/mol. The second-order valence-corrected chi connectivity index (χ2v) is 3.59. The van der Waals surface area contributed by atoms with Crippen molar-refractivity contribution in [3.63, 3.8) is 0 Å². The SMILES string of the molecule is C.CCOC(=O)C(=N)SC.CCOC(=O)C(N)=S.[2H]CC. The largest absolute Gasteiger partial charge is 0.461 e. The predicted octanol–water partition coefficient (Wildman–Crippen LogP) is 2.39. The molecule has 0 spiro atoms. The molecular formula is C12H26N2O4S2. The fourth-order valence-corrected chi connectivity index (χ4v) is 0.767. The van der Waals surface area contributed by atoms with Gasteiger partial charge in [-0.05, 0) is 20.1 Å². The van der Waals surface area contributed by atoms with E-state index in [0.717, 1.165) is 11.8 Å². The summed E-state index contributed by atoms with van der Waals surface area (Å²) in [5.41, 5.74) is 4.88. The van der Waals surface area contributed by atoms with E-state index in [2.05, 4.69) is 21.7 Å². The van der Waals surface area contributed by atoms with E-state index in [4.69, 9.17) is 12.5 Å². The van der Waals surface area contributed by atoms with Crippen molar-refractivity contribution in [2.75, 3.05) is 19.5 Å². The number of nitrogens with two attached hydrogens (primary N) is 1. The van der Waals surface area contributed by atoms with Gasteiger partial charge in [0.2, 0.25) is 0 Å². The maximum absolute atomic E-state index is 10.5. The Bertz CT molecular complexity index is 316. The van der Waals surface area contributed by atoms with Gasteiger partial charge in [-0.2, -0.15) is 0 Å². The molecule has 0 heterocycles. The maximum Gasteiger partial charge on any atom is 0.365 e. The lowest BCUT2D eigenvalue weighted by molar-refractivity contribution is -0.135. The lowest BCUT2D eigenvalue weighted by Crippen LogP contribution is -2.23. The van der Waals surface area contributed by atoms with E-state index in [-0.39, 0.29) is 17.5 Å². The first-order chi connectivity index (χ1) is 9.31. The van der Waals surface area contributed by atoms with Crippen LogP contribution in [0.2, 0.25) is 0 Å². The van der Waals surface area contributed by atoms with Crippen LogP contribution in [0, 0.1) is 5.41 Å². The van der Waals surface area contributed by atoms with Gasteiger partial charge in [0.1, 0.15) is 0 Å². The van der Waals surface area contributed by atoms with Crippen molar-refractivity contribution in [2.45, 2.75) is 35.1 Å². The summed E-state index contributed by atoms with van der Waals surface area (Å²) in [4.78, 5) is 20.5. The standard InChI is InChI=1S/C5H9NO2S.C4H7NO2S.C2H6.CH4/c1-3-8-5(7)4(6)9-2;1-2-7-4(6)3(5)8;1-2;/h6H,3H2,1-2H3;2H2,1H3,(H2,5,8);1-2H3;1H4/i;;1D;. The minimum Gasteiger partial charge on any atom is -0.461 e. The second kappa shape index (κ2) is 20.2. The van der Waals surface area contributed by atoms with Gasteiger partial charge >= 0.3 is 11.9 Å².